The predicted molar refractivity (Wildman–Crippen MR) is 78.6 cm³/mol. The summed E-state index contributed by atoms with van der Waals surface area (Å²) in [6.07, 6.45) is 2.42. The molecule has 0 aliphatic carbocycles. The molecule has 0 saturated heterocycles. The molecule has 2 aromatic rings. The molecule has 19 heavy (non-hydrogen) atoms. The van der Waals surface area contributed by atoms with Crippen molar-refractivity contribution in [1.29, 1.82) is 0 Å². The van der Waals surface area contributed by atoms with Gasteiger partial charge in [-0.25, -0.2) is 4.98 Å². The molecule has 0 spiro atoms. The zero-order valence-electron chi connectivity index (χ0n) is 10.9. The van der Waals surface area contributed by atoms with Crippen molar-refractivity contribution in [1.82, 2.24) is 9.97 Å². The van der Waals surface area contributed by atoms with Crippen LogP contribution < -0.4 is 10.5 Å². The number of nitrogens with two attached hydrogens (primary N) is 1. The van der Waals surface area contributed by atoms with Gasteiger partial charge in [-0.3, -0.25) is 4.98 Å². The molecule has 0 aliphatic heterocycles. The second-order valence-corrected chi connectivity index (χ2v) is 4.54. The van der Waals surface area contributed by atoms with Crippen LogP contribution >= 0.6 is 12.2 Å². The fourth-order valence-corrected chi connectivity index (χ4v) is 1.80. The Kier molecular flexibility index (Phi) is 4.06. The maximum atomic E-state index is 5.76. The summed E-state index contributed by atoms with van der Waals surface area (Å²) >= 11 is 4.93. The van der Waals surface area contributed by atoms with Crippen molar-refractivity contribution >= 4 is 17.2 Å². The van der Waals surface area contributed by atoms with E-state index in [9.17, 15) is 0 Å². The number of hydrogen-bond donors (Lipinski definition) is 1. The maximum absolute atomic E-state index is 5.76. The number of aromatic nitrogens is 2. The Balaban J connectivity index is 2.30. The molecule has 2 aromatic heterocycles. The van der Waals surface area contributed by atoms with Crippen molar-refractivity contribution in [3.63, 3.8) is 0 Å². The van der Waals surface area contributed by atoms with Crippen LogP contribution in [0.25, 0.3) is 0 Å². The second kappa shape index (κ2) is 5.75. The largest absolute Gasteiger partial charge is 0.437 e. The first kappa shape index (κ1) is 13.4. The highest BCUT2D eigenvalue weighted by atomic mass is 32.1. The summed E-state index contributed by atoms with van der Waals surface area (Å²) in [4.78, 5) is 8.92. The van der Waals surface area contributed by atoms with Crippen molar-refractivity contribution in [2.75, 3.05) is 0 Å². The van der Waals surface area contributed by atoms with E-state index in [0.717, 1.165) is 23.4 Å². The van der Waals surface area contributed by atoms with E-state index in [4.69, 9.17) is 22.7 Å². The van der Waals surface area contributed by atoms with Gasteiger partial charge >= 0.3 is 0 Å². The third-order valence-electron chi connectivity index (χ3n) is 2.64. The minimum absolute atomic E-state index is 0.324. The minimum atomic E-state index is 0.324. The van der Waals surface area contributed by atoms with Gasteiger partial charge in [0.05, 0.1) is 5.69 Å². The third-order valence-corrected chi connectivity index (χ3v) is 2.88. The number of pyridine rings is 2. The highest BCUT2D eigenvalue weighted by Crippen LogP contribution is 2.24. The molecule has 5 heteroatoms. The monoisotopic (exact) mass is 273 g/mol. The summed E-state index contributed by atoms with van der Waals surface area (Å²) in [5.41, 5.74) is 8.19. The fourth-order valence-electron chi connectivity index (χ4n) is 1.68. The van der Waals surface area contributed by atoms with E-state index >= 15 is 0 Å². The average Bonchev–Trinajstić information content (AvgIpc) is 2.41. The van der Waals surface area contributed by atoms with Crippen LogP contribution in [0.5, 0.6) is 11.6 Å². The molecular weight excluding hydrogens is 258 g/mol. The van der Waals surface area contributed by atoms with Gasteiger partial charge in [0, 0.05) is 23.5 Å². The van der Waals surface area contributed by atoms with Gasteiger partial charge in [-0.05, 0) is 31.5 Å². The summed E-state index contributed by atoms with van der Waals surface area (Å²) in [7, 11) is 0. The molecule has 0 fully saturated rings. The molecule has 0 amide bonds. The number of ether oxygens (including phenoxy) is 1. The highest BCUT2D eigenvalue weighted by Gasteiger charge is 2.07. The Hall–Kier alpha value is -2.01. The van der Waals surface area contributed by atoms with Crippen LogP contribution in [0.2, 0.25) is 0 Å². The van der Waals surface area contributed by atoms with Crippen molar-refractivity contribution in [2.45, 2.75) is 20.3 Å². The highest BCUT2D eigenvalue weighted by molar-refractivity contribution is 7.80. The van der Waals surface area contributed by atoms with Gasteiger partial charge in [0.2, 0.25) is 5.88 Å². The fraction of sp³-hybridized carbons (Fsp3) is 0.214. The number of hydrogen-bond acceptors (Lipinski definition) is 4. The normalized spacial score (nSPS) is 10.2. The second-order valence-electron chi connectivity index (χ2n) is 4.10. The van der Waals surface area contributed by atoms with Gasteiger partial charge in [-0.2, -0.15) is 0 Å². The van der Waals surface area contributed by atoms with Crippen molar-refractivity contribution in [3.8, 4) is 11.6 Å². The quantitative estimate of drug-likeness (QED) is 0.868. The van der Waals surface area contributed by atoms with Gasteiger partial charge in [0.25, 0.3) is 0 Å². The van der Waals surface area contributed by atoms with E-state index in [1.807, 2.05) is 26.0 Å². The lowest BCUT2D eigenvalue weighted by atomic mass is 10.2. The first-order valence-corrected chi connectivity index (χ1v) is 6.41. The molecule has 4 nitrogen and oxygen atoms in total. The summed E-state index contributed by atoms with van der Waals surface area (Å²) in [5, 5.41) is 0. The number of aryl methyl sites for hydroxylation is 2. The van der Waals surface area contributed by atoms with E-state index in [-0.39, 0.29) is 0 Å². The van der Waals surface area contributed by atoms with Crippen molar-refractivity contribution < 1.29 is 4.74 Å². The van der Waals surface area contributed by atoms with Crippen LogP contribution in [0.3, 0.4) is 0 Å². The summed E-state index contributed by atoms with van der Waals surface area (Å²) < 4.78 is 5.76. The van der Waals surface area contributed by atoms with E-state index in [2.05, 4.69) is 9.97 Å². The molecule has 98 valence electrons. The van der Waals surface area contributed by atoms with E-state index in [1.165, 1.54) is 0 Å². The van der Waals surface area contributed by atoms with E-state index in [0.29, 0.717) is 16.6 Å². The Morgan fingerprint density at radius 3 is 2.84 bits per heavy atom. The zero-order valence-corrected chi connectivity index (χ0v) is 11.7. The van der Waals surface area contributed by atoms with Crippen LogP contribution in [-0.2, 0) is 6.42 Å². The topological polar surface area (TPSA) is 61.0 Å². The number of thiocarbonyl (C=S) groups is 1. The third kappa shape index (κ3) is 3.26. The number of nitrogens with zero attached hydrogens (tertiary/aromatic N) is 2. The van der Waals surface area contributed by atoms with Crippen LogP contribution in [0.1, 0.15) is 23.9 Å². The molecular formula is C14H15N3OS. The van der Waals surface area contributed by atoms with Gasteiger partial charge in [-0.1, -0.05) is 19.1 Å². The standard InChI is InChI=1S/C14H15N3OS/c1-3-11-12(5-4-9(2)17-11)18-13-8-10(14(15)19)6-7-16-13/h4-8H,3H2,1-2H3,(H2,15,19). The maximum Gasteiger partial charge on any atom is 0.219 e. The molecule has 0 saturated carbocycles. The van der Waals surface area contributed by atoms with Gasteiger partial charge in [0.1, 0.15) is 4.99 Å². The minimum Gasteiger partial charge on any atom is -0.437 e. The summed E-state index contributed by atoms with van der Waals surface area (Å²) in [6.45, 7) is 3.99. The predicted octanol–water partition coefficient (Wildman–Crippen LogP) is 2.77. The first-order chi connectivity index (χ1) is 9.10. The zero-order chi connectivity index (χ0) is 13.8. The molecule has 0 aliphatic rings. The van der Waals surface area contributed by atoms with Crippen LogP contribution in [-0.4, -0.2) is 15.0 Å². The molecule has 0 radical (unpaired) electrons. The van der Waals surface area contributed by atoms with Crippen LogP contribution in [0.4, 0.5) is 0 Å². The van der Waals surface area contributed by atoms with Crippen molar-refractivity contribution in [3.05, 3.63) is 47.4 Å². The Morgan fingerprint density at radius 2 is 2.16 bits per heavy atom. The molecule has 0 unspecified atom stereocenters. The van der Waals surface area contributed by atoms with Crippen molar-refractivity contribution in [2.24, 2.45) is 5.73 Å². The summed E-state index contributed by atoms with van der Waals surface area (Å²) in [6, 6.07) is 7.28. The van der Waals surface area contributed by atoms with E-state index in [1.54, 1.807) is 18.3 Å². The molecule has 0 aromatic carbocycles. The lowest BCUT2D eigenvalue weighted by Gasteiger charge is -2.09. The Labute approximate surface area is 117 Å². The molecule has 2 rings (SSSR count). The number of rotatable bonds is 4. The summed E-state index contributed by atoms with van der Waals surface area (Å²) in [5.74, 6) is 1.17. The van der Waals surface area contributed by atoms with E-state index < -0.39 is 0 Å². The van der Waals surface area contributed by atoms with Gasteiger partial charge in [-0.15, -0.1) is 0 Å². The van der Waals surface area contributed by atoms with Gasteiger partial charge in [0.15, 0.2) is 5.75 Å². The molecule has 0 atom stereocenters. The SMILES string of the molecule is CCc1nc(C)ccc1Oc1cc(C(N)=S)ccn1. The Bertz CT molecular complexity index is 613. The van der Waals surface area contributed by atoms with Crippen LogP contribution in [0.15, 0.2) is 30.5 Å². The first-order valence-electron chi connectivity index (χ1n) is 6.00. The molecule has 2 N–H and O–H groups in total. The molecule has 0 bridgehead atoms. The lowest BCUT2D eigenvalue weighted by molar-refractivity contribution is 0.454. The lowest BCUT2D eigenvalue weighted by Crippen LogP contribution is -2.09. The average molecular weight is 273 g/mol. The molecule has 2 heterocycles. The van der Waals surface area contributed by atoms with Crippen LogP contribution in [0, 0.1) is 6.92 Å². The Morgan fingerprint density at radius 1 is 1.37 bits per heavy atom. The smallest absolute Gasteiger partial charge is 0.219 e. The van der Waals surface area contributed by atoms with Gasteiger partial charge < -0.3 is 10.5 Å².